The Bertz CT molecular complexity index is 693. The monoisotopic (exact) mass is 330 g/mol. The molecule has 4 rings (SSSR count). The minimum absolute atomic E-state index is 0.0169. The summed E-state index contributed by atoms with van der Waals surface area (Å²) in [6.45, 7) is 3.13. The normalized spacial score (nSPS) is 22.6. The number of carbonyl (C=O) groups is 1. The highest BCUT2D eigenvalue weighted by molar-refractivity contribution is 5.78. The van der Waals surface area contributed by atoms with E-state index in [1.807, 2.05) is 19.1 Å². The molecule has 0 bridgehead atoms. The Labute approximate surface area is 140 Å². The van der Waals surface area contributed by atoms with Crippen molar-refractivity contribution in [2.24, 2.45) is 0 Å². The molecule has 2 atom stereocenters. The Morgan fingerprint density at radius 1 is 1.46 bits per heavy atom. The van der Waals surface area contributed by atoms with Gasteiger partial charge in [0.05, 0.1) is 24.9 Å². The summed E-state index contributed by atoms with van der Waals surface area (Å²) in [6, 6.07) is 3.62. The molecule has 2 aromatic heterocycles. The molecule has 128 valence electrons. The van der Waals surface area contributed by atoms with E-state index in [-0.39, 0.29) is 18.0 Å². The number of rotatable bonds is 6. The van der Waals surface area contributed by atoms with Gasteiger partial charge in [0.2, 0.25) is 11.8 Å². The number of hydrogen-bond acceptors (Lipinski definition) is 6. The van der Waals surface area contributed by atoms with Gasteiger partial charge < -0.3 is 14.3 Å². The van der Waals surface area contributed by atoms with Gasteiger partial charge in [0.1, 0.15) is 5.76 Å². The Morgan fingerprint density at radius 3 is 3.08 bits per heavy atom. The molecule has 0 aromatic carbocycles. The summed E-state index contributed by atoms with van der Waals surface area (Å²) >= 11 is 0. The number of nitrogens with one attached hydrogen (secondary N) is 1. The van der Waals surface area contributed by atoms with Gasteiger partial charge in [-0.05, 0) is 51.3 Å². The lowest BCUT2D eigenvalue weighted by Crippen LogP contribution is -2.38. The molecule has 1 aliphatic heterocycles. The zero-order chi connectivity index (χ0) is 16.5. The van der Waals surface area contributed by atoms with Crippen LogP contribution in [0.4, 0.5) is 0 Å². The van der Waals surface area contributed by atoms with Crippen LogP contribution in [0, 0.1) is 0 Å². The SMILES string of the molecule is CC(NC(=O)CN1CCCC1c1noc(C2CC2)n1)c1ccco1. The molecule has 2 aromatic rings. The van der Waals surface area contributed by atoms with Crippen LogP contribution in [-0.4, -0.2) is 34.0 Å². The van der Waals surface area contributed by atoms with Crippen molar-refractivity contribution in [1.82, 2.24) is 20.4 Å². The van der Waals surface area contributed by atoms with Gasteiger partial charge in [0.25, 0.3) is 0 Å². The lowest BCUT2D eigenvalue weighted by atomic mass is 10.2. The van der Waals surface area contributed by atoms with Crippen molar-refractivity contribution < 1.29 is 13.7 Å². The van der Waals surface area contributed by atoms with E-state index in [0.717, 1.165) is 49.7 Å². The first-order chi connectivity index (χ1) is 11.7. The largest absolute Gasteiger partial charge is 0.467 e. The number of amides is 1. The number of carbonyl (C=O) groups excluding carboxylic acids is 1. The lowest BCUT2D eigenvalue weighted by molar-refractivity contribution is -0.123. The maximum Gasteiger partial charge on any atom is 0.234 e. The molecular weight excluding hydrogens is 308 g/mol. The van der Waals surface area contributed by atoms with Crippen molar-refractivity contribution in [3.05, 3.63) is 35.9 Å². The van der Waals surface area contributed by atoms with Crippen LogP contribution in [0.3, 0.4) is 0 Å². The third-order valence-electron chi connectivity index (χ3n) is 4.74. The third kappa shape index (κ3) is 3.21. The van der Waals surface area contributed by atoms with Gasteiger partial charge in [-0.1, -0.05) is 5.16 Å². The summed E-state index contributed by atoms with van der Waals surface area (Å²) in [5.41, 5.74) is 0. The van der Waals surface area contributed by atoms with Gasteiger partial charge in [0.15, 0.2) is 5.82 Å². The van der Waals surface area contributed by atoms with Crippen LogP contribution in [0.2, 0.25) is 0 Å². The van der Waals surface area contributed by atoms with Gasteiger partial charge in [-0.15, -0.1) is 0 Å². The molecule has 2 unspecified atom stereocenters. The van der Waals surface area contributed by atoms with Gasteiger partial charge in [-0.2, -0.15) is 4.98 Å². The van der Waals surface area contributed by atoms with Crippen molar-refractivity contribution >= 4 is 5.91 Å². The lowest BCUT2D eigenvalue weighted by Gasteiger charge is -2.22. The van der Waals surface area contributed by atoms with Crippen LogP contribution in [-0.2, 0) is 4.79 Å². The van der Waals surface area contributed by atoms with E-state index in [2.05, 4.69) is 20.4 Å². The smallest absolute Gasteiger partial charge is 0.234 e. The van der Waals surface area contributed by atoms with Gasteiger partial charge in [0, 0.05) is 5.92 Å². The molecule has 1 amide bonds. The Morgan fingerprint density at radius 2 is 2.33 bits per heavy atom. The molecular formula is C17H22N4O3. The molecule has 1 N–H and O–H groups in total. The van der Waals surface area contributed by atoms with Crippen LogP contribution in [0.15, 0.2) is 27.3 Å². The molecule has 7 nitrogen and oxygen atoms in total. The van der Waals surface area contributed by atoms with E-state index < -0.39 is 0 Å². The molecule has 24 heavy (non-hydrogen) atoms. The molecule has 3 heterocycles. The summed E-state index contributed by atoms with van der Waals surface area (Å²) in [5, 5.41) is 7.12. The van der Waals surface area contributed by atoms with Gasteiger partial charge in [-0.25, -0.2) is 0 Å². The predicted octanol–water partition coefficient (Wildman–Crippen LogP) is 2.55. The second-order valence-corrected chi connectivity index (χ2v) is 6.70. The zero-order valence-electron chi connectivity index (χ0n) is 13.8. The van der Waals surface area contributed by atoms with Crippen molar-refractivity contribution in [3.8, 4) is 0 Å². The van der Waals surface area contributed by atoms with Gasteiger partial charge in [-0.3, -0.25) is 9.69 Å². The van der Waals surface area contributed by atoms with Crippen molar-refractivity contribution in [3.63, 3.8) is 0 Å². The fraction of sp³-hybridized carbons (Fsp3) is 0.588. The van der Waals surface area contributed by atoms with E-state index >= 15 is 0 Å². The van der Waals surface area contributed by atoms with Crippen LogP contribution in [0.25, 0.3) is 0 Å². The Kier molecular flexibility index (Phi) is 4.10. The molecule has 7 heteroatoms. The molecule has 1 saturated heterocycles. The van der Waals surface area contributed by atoms with E-state index in [0.29, 0.717) is 12.5 Å². The summed E-state index contributed by atoms with van der Waals surface area (Å²) in [6.07, 6.45) is 5.90. The first-order valence-corrected chi connectivity index (χ1v) is 8.61. The summed E-state index contributed by atoms with van der Waals surface area (Å²) in [7, 11) is 0. The number of nitrogens with zero attached hydrogens (tertiary/aromatic N) is 3. The van der Waals surface area contributed by atoms with E-state index in [4.69, 9.17) is 8.94 Å². The fourth-order valence-corrected chi connectivity index (χ4v) is 3.27. The number of likely N-dealkylation sites (tertiary alicyclic amines) is 1. The first kappa shape index (κ1) is 15.4. The quantitative estimate of drug-likeness (QED) is 0.876. The summed E-state index contributed by atoms with van der Waals surface area (Å²) < 4.78 is 10.7. The molecule has 0 spiro atoms. The topological polar surface area (TPSA) is 84.4 Å². The second kappa shape index (κ2) is 6.39. The highest BCUT2D eigenvalue weighted by Gasteiger charge is 2.34. The molecule has 2 aliphatic rings. The maximum atomic E-state index is 12.3. The molecule has 0 radical (unpaired) electrons. The molecule has 1 saturated carbocycles. The minimum atomic E-state index is -0.139. The number of furan rings is 1. The summed E-state index contributed by atoms with van der Waals surface area (Å²) in [4.78, 5) is 19.0. The number of aromatic nitrogens is 2. The highest BCUT2D eigenvalue weighted by atomic mass is 16.5. The highest BCUT2D eigenvalue weighted by Crippen LogP contribution is 2.40. The van der Waals surface area contributed by atoms with E-state index in [1.165, 1.54) is 0 Å². The standard InChI is InChI=1S/C17H22N4O3/c1-11(14-5-3-9-23-14)18-15(22)10-21-8-2-4-13(21)16-19-17(24-20-16)12-6-7-12/h3,5,9,11-13H,2,4,6-8,10H2,1H3,(H,18,22). The van der Waals surface area contributed by atoms with E-state index in [9.17, 15) is 4.79 Å². The van der Waals surface area contributed by atoms with Crippen molar-refractivity contribution in [2.75, 3.05) is 13.1 Å². The van der Waals surface area contributed by atoms with E-state index in [1.54, 1.807) is 6.26 Å². The van der Waals surface area contributed by atoms with Crippen LogP contribution >= 0.6 is 0 Å². The van der Waals surface area contributed by atoms with Crippen LogP contribution in [0.5, 0.6) is 0 Å². The van der Waals surface area contributed by atoms with Gasteiger partial charge >= 0.3 is 0 Å². The average Bonchev–Trinajstić information content (AvgIpc) is 3.01. The fourth-order valence-electron chi connectivity index (χ4n) is 3.27. The molecule has 2 fully saturated rings. The molecule has 1 aliphatic carbocycles. The first-order valence-electron chi connectivity index (χ1n) is 8.61. The van der Waals surface area contributed by atoms with Crippen molar-refractivity contribution in [2.45, 2.75) is 50.6 Å². The Balaban J connectivity index is 1.36. The van der Waals surface area contributed by atoms with Crippen molar-refractivity contribution in [1.29, 1.82) is 0 Å². The predicted molar refractivity (Wildman–Crippen MR) is 85.1 cm³/mol. The second-order valence-electron chi connectivity index (χ2n) is 6.70. The van der Waals surface area contributed by atoms with Crippen LogP contribution < -0.4 is 5.32 Å². The number of hydrogen-bond donors (Lipinski definition) is 1. The van der Waals surface area contributed by atoms with Crippen LogP contribution in [0.1, 0.15) is 68.1 Å². The Hall–Kier alpha value is -2.15. The minimum Gasteiger partial charge on any atom is -0.467 e. The zero-order valence-corrected chi connectivity index (χ0v) is 13.8. The summed E-state index contributed by atoms with van der Waals surface area (Å²) in [5.74, 6) is 2.68. The third-order valence-corrected chi connectivity index (χ3v) is 4.74. The average molecular weight is 330 g/mol. The maximum absolute atomic E-state index is 12.3.